The third kappa shape index (κ3) is 2.48. The lowest BCUT2D eigenvalue weighted by atomic mass is 10.2. The topological polar surface area (TPSA) is 29.9 Å². The minimum atomic E-state index is 0.441. The van der Waals surface area contributed by atoms with E-state index in [2.05, 4.69) is 37.4 Å². The Morgan fingerprint density at radius 2 is 2.40 bits per heavy atom. The molecule has 0 aromatic carbocycles. The van der Waals surface area contributed by atoms with Gasteiger partial charge in [-0.25, -0.2) is 0 Å². The van der Waals surface area contributed by atoms with Crippen molar-refractivity contribution in [1.82, 2.24) is 9.78 Å². The summed E-state index contributed by atoms with van der Waals surface area (Å²) in [5.41, 5.74) is 1.16. The van der Waals surface area contributed by atoms with Crippen LogP contribution in [0.1, 0.15) is 33.2 Å². The first-order valence-corrected chi connectivity index (χ1v) is 6.64. The number of thioether (sulfide) groups is 1. The molecule has 0 radical (unpaired) electrons. The number of nitrogens with one attached hydrogen (secondary N) is 1. The lowest BCUT2D eigenvalue weighted by molar-refractivity contribution is 0.532. The van der Waals surface area contributed by atoms with Crippen LogP contribution in [0.15, 0.2) is 12.4 Å². The standard InChI is InChI=1S/C11H19N3S/c1-8(2)14-7-10(6-12-14)13-11-4-5-15-9(11)3/h6-9,11,13H,4-5H2,1-3H3. The van der Waals surface area contributed by atoms with E-state index in [1.54, 1.807) is 0 Å². The normalized spacial score (nSPS) is 26.1. The fourth-order valence-corrected chi connectivity index (χ4v) is 3.03. The molecule has 1 aromatic heterocycles. The SMILES string of the molecule is CC1SCCC1Nc1cnn(C(C)C)c1. The van der Waals surface area contributed by atoms with E-state index in [0.717, 1.165) is 5.69 Å². The zero-order valence-corrected chi connectivity index (χ0v) is 10.4. The number of anilines is 1. The average Bonchev–Trinajstić information content (AvgIpc) is 2.77. The van der Waals surface area contributed by atoms with E-state index < -0.39 is 0 Å². The maximum Gasteiger partial charge on any atom is 0.0729 e. The molecule has 0 bridgehead atoms. The molecule has 1 aromatic rings. The van der Waals surface area contributed by atoms with Crippen molar-refractivity contribution < 1.29 is 0 Å². The van der Waals surface area contributed by atoms with E-state index in [1.807, 2.05) is 22.6 Å². The van der Waals surface area contributed by atoms with Crippen molar-refractivity contribution in [2.45, 2.75) is 44.5 Å². The summed E-state index contributed by atoms with van der Waals surface area (Å²) in [6, 6.07) is 1.05. The summed E-state index contributed by atoms with van der Waals surface area (Å²) in [7, 11) is 0. The fourth-order valence-electron chi connectivity index (χ4n) is 1.83. The van der Waals surface area contributed by atoms with Crippen LogP contribution in [0.5, 0.6) is 0 Å². The van der Waals surface area contributed by atoms with E-state index in [0.29, 0.717) is 17.3 Å². The van der Waals surface area contributed by atoms with Crippen LogP contribution in [0, 0.1) is 0 Å². The summed E-state index contributed by atoms with van der Waals surface area (Å²) in [4.78, 5) is 0. The first kappa shape index (κ1) is 10.9. The number of hydrogen-bond acceptors (Lipinski definition) is 3. The zero-order valence-electron chi connectivity index (χ0n) is 9.60. The smallest absolute Gasteiger partial charge is 0.0729 e. The first-order valence-electron chi connectivity index (χ1n) is 5.59. The van der Waals surface area contributed by atoms with Crippen LogP contribution < -0.4 is 5.32 Å². The van der Waals surface area contributed by atoms with E-state index in [1.165, 1.54) is 12.2 Å². The van der Waals surface area contributed by atoms with Crippen molar-refractivity contribution in [1.29, 1.82) is 0 Å². The first-order chi connectivity index (χ1) is 7.16. The second-order valence-corrected chi connectivity index (χ2v) is 5.90. The minimum absolute atomic E-state index is 0.441. The third-order valence-corrected chi connectivity index (χ3v) is 4.18. The Bertz CT molecular complexity index is 321. The summed E-state index contributed by atoms with van der Waals surface area (Å²) >= 11 is 2.05. The highest BCUT2D eigenvalue weighted by Crippen LogP contribution is 2.28. The van der Waals surface area contributed by atoms with E-state index in [-0.39, 0.29) is 0 Å². The number of rotatable bonds is 3. The summed E-state index contributed by atoms with van der Waals surface area (Å²) in [6.45, 7) is 6.58. The highest BCUT2D eigenvalue weighted by Gasteiger charge is 2.23. The summed E-state index contributed by atoms with van der Waals surface area (Å²) in [6.07, 6.45) is 5.29. The predicted octanol–water partition coefficient (Wildman–Crippen LogP) is 2.77. The lowest BCUT2D eigenvalue weighted by Gasteiger charge is -2.16. The molecule has 4 heteroatoms. The Kier molecular flexibility index (Phi) is 3.24. The molecule has 0 spiro atoms. The van der Waals surface area contributed by atoms with Crippen LogP contribution in [-0.2, 0) is 0 Å². The second-order valence-electron chi connectivity index (χ2n) is 4.42. The molecule has 2 unspecified atom stereocenters. The monoisotopic (exact) mass is 225 g/mol. The molecule has 1 fully saturated rings. The van der Waals surface area contributed by atoms with Gasteiger partial charge in [0.25, 0.3) is 0 Å². The van der Waals surface area contributed by atoms with E-state index in [9.17, 15) is 0 Å². The summed E-state index contributed by atoms with van der Waals surface area (Å²) in [5, 5.41) is 8.61. The van der Waals surface area contributed by atoms with Gasteiger partial charge in [-0.3, -0.25) is 4.68 Å². The van der Waals surface area contributed by atoms with Crippen LogP contribution in [0.3, 0.4) is 0 Å². The predicted molar refractivity (Wildman–Crippen MR) is 66.6 cm³/mol. The number of hydrogen-bond donors (Lipinski definition) is 1. The van der Waals surface area contributed by atoms with Gasteiger partial charge < -0.3 is 5.32 Å². The quantitative estimate of drug-likeness (QED) is 0.858. The Morgan fingerprint density at radius 1 is 1.60 bits per heavy atom. The maximum absolute atomic E-state index is 4.33. The summed E-state index contributed by atoms with van der Waals surface area (Å²) < 4.78 is 2.00. The third-order valence-electron chi connectivity index (χ3n) is 2.86. The van der Waals surface area contributed by atoms with Crippen molar-refractivity contribution >= 4 is 17.4 Å². The Labute approximate surface area is 95.6 Å². The lowest BCUT2D eigenvalue weighted by Crippen LogP contribution is -2.24. The Hall–Kier alpha value is -0.640. The minimum Gasteiger partial charge on any atom is -0.379 e. The largest absolute Gasteiger partial charge is 0.379 e. The maximum atomic E-state index is 4.33. The van der Waals surface area contributed by atoms with Gasteiger partial charge in [0.05, 0.1) is 11.9 Å². The van der Waals surface area contributed by atoms with Crippen molar-refractivity contribution in [2.24, 2.45) is 0 Å². The van der Waals surface area contributed by atoms with Crippen LogP contribution in [0.4, 0.5) is 5.69 Å². The van der Waals surface area contributed by atoms with Gasteiger partial charge in [-0.1, -0.05) is 6.92 Å². The van der Waals surface area contributed by atoms with Gasteiger partial charge in [-0.2, -0.15) is 16.9 Å². The highest BCUT2D eigenvalue weighted by molar-refractivity contribution is 8.00. The molecular formula is C11H19N3S. The molecule has 3 nitrogen and oxygen atoms in total. The zero-order chi connectivity index (χ0) is 10.8. The van der Waals surface area contributed by atoms with Crippen molar-refractivity contribution in [3.63, 3.8) is 0 Å². The molecule has 1 saturated heterocycles. The van der Waals surface area contributed by atoms with Crippen molar-refractivity contribution in [2.75, 3.05) is 11.1 Å². The molecule has 15 heavy (non-hydrogen) atoms. The molecule has 2 rings (SSSR count). The van der Waals surface area contributed by atoms with E-state index >= 15 is 0 Å². The second kappa shape index (κ2) is 4.47. The molecule has 0 aliphatic carbocycles. The molecule has 1 N–H and O–H groups in total. The molecular weight excluding hydrogens is 206 g/mol. The Morgan fingerprint density at radius 3 is 2.93 bits per heavy atom. The molecule has 0 saturated carbocycles. The molecule has 2 heterocycles. The van der Waals surface area contributed by atoms with Crippen molar-refractivity contribution in [3.8, 4) is 0 Å². The van der Waals surface area contributed by atoms with Gasteiger partial charge in [0.15, 0.2) is 0 Å². The van der Waals surface area contributed by atoms with Gasteiger partial charge in [0.1, 0.15) is 0 Å². The fraction of sp³-hybridized carbons (Fsp3) is 0.727. The van der Waals surface area contributed by atoms with Crippen LogP contribution >= 0.6 is 11.8 Å². The van der Waals surface area contributed by atoms with Gasteiger partial charge in [0, 0.05) is 23.5 Å². The molecule has 2 atom stereocenters. The molecule has 1 aliphatic rings. The molecule has 1 aliphatic heterocycles. The molecule has 0 amide bonds. The van der Waals surface area contributed by atoms with Gasteiger partial charge in [0.2, 0.25) is 0 Å². The Balaban J connectivity index is 1.98. The number of aromatic nitrogens is 2. The van der Waals surface area contributed by atoms with Gasteiger partial charge in [-0.05, 0) is 26.0 Å². The molecule has 84 valence electrons. The summed E-state index contributed by atoms with van der Waals surface area (Å²) in [5.74, 6) is 1.27. The van der Waals surface area contributed by atoms with E-state index in [4.69, 9.17) is 0 Å². The number of nitrogens with zero attached hydrogens (tertiary/aromatic N) is 2. The highest BCUT2D eigenvalue weighted by atomic mass is 32.2. The van der Waals surface area contributed by atoms with Crippen molar-refractivity contribution in [3.05, 3.63) is 12.4 Å². The van der Waals surface area contributed by atoms with Gasteiger partial charge >= 0.3 is 0 Å². The van der Waals surface area contributed by atoms with Gasteiger partial charge in [-0.15, -0.1) is 0 Å². The van der Waals surface area contributed by atoms with Crippen LogP contribution in [-0.4, -0.2) is 26.8 Å². The van der Waals surface area contributed by atoms with Crippen LogP contribution in [0.25, 0.3) is 0 Å². The van der Waals surface area contributed by atoms with Crippen LogP contribution in [0.2, 0.25) is 0 Å². The average molecular weight is 225 g/mol.